The van der Waals surface area contributed by atoms with Gasteiger partial charge in [-0.15, -0.1) is 0 Å². The Morgan fingerprint density at radius 1 is 1.00 bits per heavy atom. The van der Waals surface area contributed by atoms with E-state index < -0.39 is 0 Å². The van der Waals surface area contributed by atoms with Crippen molar-refractivity contribution >= 4 is 33.9 Å². The molecule has 0 saturated carbocycles. The van der Waals surface area contributed by atoms with Gasteiger partial charge in [0.25, 0.3) is 0 Å². The summed E-state index contributed by atoms with van der Waals surface area (Å²) in [6.07, 6.45) is 5.95. The van der Waals surface area contributed by atoms with Crippen molar-refractivity contribution in [3.05, 3.63) is 87.7 Å². The predicted octanol–water partition coefficient (Wildman–Crippen LogP) is 2.12. The maximum absolute atomic E-state index is 12.7. The molecule has 6 heteroatoms. The molecule has 3 rings (SSSR count). The summed E-state index contributed by atoms with van der Waals surface area (Å²) in [4.78, 5) is 12.7. The molecule has 0 aliphatic rings. The van der Waals surface area contributed by atoms with Crippen LogP contribution in [-0.4, -0.2) is 20.0 Å². The lowest BCUT2D eigenvalue weighted by Gasteiger charge is -2.08. The number of methoxy groups -OCH3 is 2. The first-order valence-corrected chi connectivity index (χ1v) is 9.99. The van der Waals surface area contributed by atoms with Crippen LogP contribution in [0.2, 0.25) is 0 Å². The van der Waals surface area contributed by atoms with Crippen LogP contribution in [0.1, 0.15) is 27.2 Å². The lowest BCUT2D eigenvalue weighted by molar-refractivity contribution is -0.685. The summed E-state index contributed by atoms with van der Waals surface area (Å²) >= 11 is 3.40. The van der Waals surface area contributed by atoms with Crippen LogP contribution in [0.15, 0.2) is 65.3 Å². The van der Waals surface area contributed by atoms with Gasteiger partial charge in [-0.3, -0.25) is 4.79 Å². The van der Waals surface area contributed by atoms with Crippen molar-refractivity contribution in [1.82, 2.24) is 0 Å². The lowest BCUT2D eigenvalue weighted by Crippen LogP contribution is -3.00. The van der Waals surface area contributed by atoms with Crippen molar-refractivity contribution < 1.29 is 35.8 Å². The van der Waals surface area contributed by atoms with Gasteiger partial charge in [0, 0.05) is 27.7 Å². The molecule has 2 aromatic carbocycles. The molecule has 0 aliphatic carbocycles. The Kier molecular flexibility index (Phi) is 8.81. The topological polar surface area (TPSA) is 39.4 Å². The van der Waals surface area contributed by atoms with Gasteiger partial charge in [-0.2, -0.15) is 4.57 Å². The molecule has 0 aliphatic heterocycles. The van der Waals surface area contributed by atoms with Gasteiger partial charge in [0.05, 0.1) is 14.2 Å². The Morgan fingerprint density at radius 2 is 1.70 bits per heavy atom. The summed E-state index contributed by atoms with van der Waals surface area (Å²) in [6, 6.07) is 17.2. The van der Waals surface area contributed by atoms with E-state index in [-0.39, 0.29) is 29.3 Å². The molecule has 0 unspecified atom stereocenters. The molecule has 0 atom stereocenters. The Bertz CT molecular complexity index is 1050. The van der Waals surface area contributed by atoms with E-state index in [1.165, 1.54) is 0 Å². The van der Waals surface area contributed by atoms with Crippen LogP contribution in [0.4, 0.5) is 0 Å². The number of halogens is 2. The highest BCUT2D eigenvalue weighted by atomic mass is 79.9. The monoisotopic (exact) mass is 531 g/mol. The fourth-order valence-electron chi connectivity index (χ4n) is 3.06. The van der Waals surface area contributed by atoms with E-state index in [2.05, 4.69) is 15.9 Å². The fraction of sp³-hybridized carbons (Fsp3) is 0.167. The molecule has 4 nitrogen and oxygen atoms in total. The highest BCUT2D eigenvalue weighted by Gasteiger charge is 2.17. The van der Waals surface area contributed by atoms with Gasteiger partial charge in [0.15, 0.2) is 17.7 Å². The SMILES string of the molecule is COc1ccc(/C=C/c2c(C)ccc[n+]2CC(=O)c2ccc(Br)cc2)cc1OC.[Br-]. The zero-order valence-corrected chi connectivity index (χ0v) is 20.2. The number of aromatic nitrogens is 1. The predicted molar refractivity (Wildman–Crippen MR) is 118 cm³/mol. The molecular weight excluding hydrogens is 510 g/mol. The van der Waals surface area contributed by atoms with Crippen LogP contribution in [0.25, 0.3) is 12.2 Å². The first-order chi connectivity index (χ1) is 14.0. The van der Waals surface area contributed by atoms with Gasteiger partial charge >= 0.3 is 0 Å². The third-order valence-electron chi connectivity index (χ3n) is 4.65. The molecule has 30 heavy (non-hydrogen) atoms. The number of pyridine rings is 1. The standard InChI is InChI=1S/C24H23BrNO3.BrH/c1-17-5-4-14-26(16-22(27)19-8-10-20(25)11-9-19)21(17)12-6-18-7-13-23(28-2)24(15-18)29-3;/h4-15H,16H2,1-3H3;1H/q+1;/p-1/b12-6+;. The van der Waals surface area contributed by atoms with E-state index in [0.717, 1.165) is 21.3 Å². The zero-order valence-electron chi connectivity index (χ0n) is 17.1. The summed E-state index contributed by atoms with van der Waals surface area (Å²) in [6.45, 7) is 2.31. The number of carbonyl (C=O) groups excluding carboxylic acids is 1. The number of nitrogens with zero attached hydrogens (tertiary/aromatic N) is 1. The van der Waals surface area contributed by atoms with Crippen LogP contribution >= 0.6 is 15.9 Å². The largest absolute Gasteiger partial charge is 1.00 e. The van der Waals surface area contributed by atoms with E-state index in [1.807, 2.05) is 84.4 Å². The van der Waals surface area contributed by atoms with E-state index in [1.54, 1.807) is 14.2 Å². The third kappa shape index (κ3) is 5.80. The molecular formula is C24H23Br2NO3. The van der Waals surface area contributed by atoms with E-state index in [9.17, 15) is 4.79 Å². The molecule has 0 fully saturated rings. The van der Waals surface area contributed by atoms with Gasteiger partial charge in [-0.05, 0) is 48.9 Å². The molecule has 1 heterocycles. The number of hydrogen-bond donors (Lipinski definition) is 0. The van der Waals surface area contributed by atoms with E-state index >= 15 is 0 Å². The van der Waals surface area contributed by atoms with Gasteiger partial charge in [0.1, 0.15) is 0 Å². The van der Waals surface area contributed by atoms with Crippen molar-refractivity contribution in [2.45, 2.75) is 13.5 Å². The zero-order chi connectivity index (χ0) is 20.8. The molecule has 0 N–H and O–H groups in total. The summed E-state index contributed by atoms with van der Waals surface area (Å²) in [5, 5.41) is 0. The van der Waals surface area contributed by atoms with Crippen LogP contribution in [-0.2, 0) is 6.54 Å². The van der Waals surface area contributed by atoms with Gasteiger partial charge in [-0.1, -0.05) is 34.1 Å². The van der Waals surface area contributed by atoms with Crippen molar-refractivity contribution in [3.63, 3.8) is 0 Å². The maximum Gasteiger partial charge on any atom is 0.227 e. The smallest absolute Gasteiger partial charge is 0.227 e. The minimum absolute atomic E-state index is 0. The molecule has 1 aromatic heterocycles. The molecule has 0 radical (unpaired) electrons. The number of Topliss-reactive ketones (excluding diaryl/α,β-unsaturated/α-hetero) is 1. The average Bonchev–Trinajstić information content (AvgIpc) is 2.73. The molecule has 0 bridgehead atoms. The second-order valence-electron chi connectivity index (χ2n) is 6.58. The van der Waals surface area contributed by atoms with Gasteiger partial charge < -0.3 is 26.5 Å². The summed E-state index contributed by atoms with van der Waals surface area (Å²) < 4.78 is 13.6. The van der Waals surface area contributed by atoms with E-state index in [0.29, 0.717) is 17.1 Å². The molecule has 156 valence electrons. The average molecular weight is 533 g/mol. The molecule has 0 amide bonds. The number of ketones is 1. The van der Waals surface area contributed by atoms with Crippen LogP contribution in [0.3, 0.4) is 0 Å². The molecule has 3 aromatic rings. The maximum atomic E-state index is 12.7. The second kappa shape index (κ2) is 11.1. The molecule has 0 spiro atoms. The highest BCUT2D eigenvalue weighted by Crippen LogP contribution is 2.28. The fourth-order valence-corrected chi connectivity index (χ4v) is 3.33. The minimum Gasteiger partial charge on any atom is -1.00 e. The Hall–Kier alpha value is -2.44. The highest BCUT2D eigenvalue weighted by molar-refractivity contribution is 9.10. The Labute approximate surface area is 196 Å². The normalized spacial score (nSPS) is 10.5. The minimum atomic E-state index is 0. The third-order valence-corrected chi connectivity index (χ3v) is 5.18. The van der Waals surface area contributed by atoms with E-state index in [4.69, 9.17) is 9.47 Å². The summed E-state index contributed by atoms with van der Waals surface area (Å²) in [5.41, 5.74) is 3.74. The first kappa shape index (κ1) is 23.8. The number of benzene rings is 2. The summed E-state index contributed by atoms with van der Waals surface area (Å²) in [5.74, 6) is 1.43. The second-order valence-corrected chi connectivity index (χ2v) is 7.50. The summed E-state index contributed by atoms with van der Waals surface area (Å²) in [7, 11) is 3.24. The number of rotatable bonds is 7. The number of ether oxygens (including phenoxy) is 2. The molecule has 0 saturated heterocycles. The van der Waals surface area contributed by atoms with Crippen LogP contribution < -0.4 is 31.0 Å². The first-order valence-electron chi connectivity index (χ1n) is 9.19. The van der Waals surface area contributed by atoms with Gasteiger partial charge in [0.2, 0.25) is 18.0 Å². The van der Waals surface area contributed by atoms with Crippen LogP contribution in [0.5, 0.6) is 11.5 Å². The van der Waals surface area contributed by atoms with Crippen molar-refractivity contribution in [3.8, 4) is 11.5 Å². The van der Waals surface area contributed by atoms with Crippen molar-refractivity contribution in [1.29, 1.82) is 0 Å². The quantitative estimate of drug-likeness (QED) is 0.345. The van der Waals surface area contributed by atoms with Crippen molar-refractivity contribution in [2.75, 3.05) is 14.2 Å². The van der Waals surface area contributed by atoms with Gasteiger partial charge in [-0.25, -0.2) is 0 Å². The number of carbonyl (C=O) groups is 1. The number of aryl methyl sites for hydroxylation is 1. The number of hydrogen-bond acceptors (Lipinski definition) is 3. The Balaban J connectivity index is 0.00000320. The Morgan fingerprint density at radius 3 is 2.37 bits per heavy atom. The lowest BCUT2D eigenvalue weighted by atomic mass is 10.1. The van der Waals surface area contributed by atoms with Crippen molar-refractivity contribution in [2.24, 2.45) is 0 Å². The van der Waals surface area contributed by atoms with Crippen LogP contribution in [0, 0.1) is 6.92 Å².